The number of nitrogens with one attached hydrogen (secondary N) is 3. The molecule has 2 aromatic rings. The molecule has 2 amide bonds. The third-order valence-corrected chi connectivity index (χ3v) is 7.00. The number of fused-ring (bicyclic) bond motifs is 1. The van der Waals surface area contributed by atoms with E-state index in [9.17, 15) is 9.59 Å². The van der Waals surface area contributed by atoms with Crippen LogP contribution in [0.15, 0.2) is 31.0 Å². The number of likely N-dealkylation sites (N-methyl/N-ethyl adjacent to an activating group) is 1. The highest BCUT2D eigenvalue weighted by Gasteiger charge is 2.31. The number of rotatable bonds is 6. The molecule has 2 saturated heterocycles. The maximum atomic E-state index is 15.4. The second kappa shape index (κ2) is 10.1. The Balaban J connectivity index is 1.36. The fraction of sp³-hybridized carbons (Fsp3) is 0.440. The summed E-state index contributed by atoms with van der Waals surface area (Å²) in [4.78, 5) is 39.8. The third-order valence-electron chi connectivity index (χ3n) is 7.00. The minimum atomic E-state index is -0.556. The highest BCUT2D eigenvalue weighted by atomic mass is 19.1. The van der Waals surface area contributed by atoms with E-state index in [2.05, 4.69) is 49.3 Å². The van der Waals surface area contributed by atoms with Gasteiger partial charge in [-0.1, -0.05) is 6.58 Å². The van der Waals surface area contributed by atoms with Crippen molar-refractivity contribution in [3.05, 3.63) is 47.9 Å². The average molecular weight is 495 g/mol. The summed E-state index contributed by atoms with van der Waals surface area (Å²) in [5, 5.41) is 8.97. The topological polar surface area (TPSA) is 106 Å². The Morgan fingerprint density at radius 2 is 2.03 bits per heavy atom. The first-order valence-electron chi connectivity index (χ1n) is 12.3. The zero-order chi connectivity index (χ0) is 25.2. The number of halogens is 1. The van der Waals surface area contributed by atoms with Gasteiger partial charge in [0.2, 0.25) is 5.91 Å². The Morgan fingerprint density at radius 1 is 1.22 bits per heavy atom. The van der Waals surface area contributed by atoms with Crippen LogP contribution in [0.4, 0.5) is 27.5 Å². The van der Waals surface area contributed by atoms with Crippen LogP contribution in [0, 0.1) is 5.82 Å². The molecule has 0 aromatic carbocycles. The number of piperidine rings is 1. The molecule has 2 aromatic heterocycles. The summed E-state index contributed by atoms with van der Waals surface area (Å²) in [5.41, 5.74) is 1.49. The lowest BCUT2D eigenvalue weighted by Gasteiger charge is -2.33. The Labute approximate surface area is 209 Å². The molecule has 5 rings (SSSR count). The van der Waals surface area contributed by atoms with E-state index in [1.54, 1.807) is 11.1 Å². The van der Waals surface area contributed by atoms with Crippen molar-refractivity contribution in [1.82, 2.24) is 25.1 Å². The lowest BCUT2D eigenvalue weighted by molar-refractivity contribution is -0.127. The Bertz CT molecular complexity index is 1160. The van der Waals surface area contributed by atoms with Crippen LogP contribution in [0.3, 0.4) is 0 Å². The van der Waals surface area contributed by atoms with Gasteiger partial charge in [-0.25, -0.2) is 14.4 Å². The van der Waals surface area contributed by atoms with Crippen molar-refractivity contribution >= 4 is 35.0 Å². The minimum Gasteiger partial charge on any atom is -0.368 e. The SMILES string of the molecule is C=CC(=O)N1CCCC(Nc2nc(Nc3ccc(N4CCN(C)CC4)cn3)c3c(c2F)CNC3=O)C1. The summed E-state index contributed by atoms with van der Waals surface area (Å²) in [5.74, 6) is -0.259. The molecule has 0 aliphatic carbocycles. The maximum Gasteiger partial charge on any atom is 0.255 e. The van der Waals surface area contributed by atoms with E-state index in [0.29, 0.717) is 18.9 Å². The molecular weight excluding hydrogens is 463 g/mol. The van der Waals surface area contributed by atoms with Crippen molar-refractivity contribution in [2.24, 2.45) is 0 Å². The molecule has 0 radical (unpaired) electrons. The molecule has 5 heterocycles. The number of carbonyl (C=O) groups excluding carboxylic acids is 2. The fourth-order valence-corrected chi connectivity index (χ4v) is 4.92. The van der Waals surface area contributed by atoms with Gasteiger partial charge in [0, 0.05) is 57.4 Å². The first-order valence-corrected chi connectivity index (χ1v) is 12.3. The number of aromatic nitrogens is 2. The third kappa shape index (κ3) is 4.83. The summed E-state index contributed by atoms with van der Waals surface area (Å²) in [6.45, 7) is 8.58. The number of hydrogen-bond donors (Lipinski definition) is 3. The van der Waals surface area contributed by atoms with Crippen LogP contribution < -0.4 is 20.9 Å². The predicted octanol–water partition coefficient (Wildman–Crippen LogP) is 1.94. The normalized spacial score (nSPS) is 20.1. The lowest BCUT2D eigenvalue weighted by atomic mass is 10.0. The largest absolute Gasteiger partial charge is 0.368 e. The highest BCUT2D eigenvalue weighted by molar-refractivity contribution is 6.03. The summed E-state index contributed by atoms with van der Waals surface area (Å²) < 4.78 is 15.4. The molecule has 36 heavy (non-hydrogen) atoms. The van der Waals surface area contributed by atoms with E-state index < -0.39 is 5.82 Å². The van der Waals surface area contributed by atoms with Crippen molar-refractivity contribution in [3.8, 4) is 0 Å². The van der Waals surface area contributed by atoms with Gasteiger partial charge in [-0.05, 0) is 38.1 Å². The van der Waals surface area contributed by atoms with Crippen LogP contribution >= 0.6 is 0 Å². The van der Waals surface area contributed by atoms with Gasteiger partial charge in [0.15, 0.2) is 11.6 Å². The molecule has 0 spiro atoms. The number of pyridine rings is 2. The number of likely N-dealkylation sites (tertiary alicyclic amines) is 1. The monoisotopic (exact) mass is 494 g/mol. The summed E-state index contributed by atoms with van der Waals surface area (Å²) in [6, 6.07) is 3.66. The zero-order valence-corrected chi connectivity index (χ0v) is 20.4. The molecule has 10 nitrogen and oxygen atoms in total. The number of amides is 2. The van der Waals surface area contributed by atoms with E-state index in [0.717, 1.165) is 44.7 Å². The average Bonchev–Trinajstić information content (AvgIpc) is 3.29. The van der Waals surface area contributed by atoms with E-state index in [4.69, 9.17) is 0 Å². The van der Waals surface area contributed by atoms with Crippen LogP contribution in [0.25, 0.3) is 0 Å². The molecule has 1 unspecified atom stereocenters. The quantitative estimate of drug-likeness (QED) is 0.524. The number of carbonyl (C=O) groups is 2. The second-order valence-electron chi connectivity index (χ2n) is 9.45. The van der Waals surface area contributed by atoms with Crippen LogP contribution in [-0.4, -0.2) is 83.9 Å². The number of nitrogens with zero attached hydrogens (tertiary/aromatic N) is 5. The number of piperazine rings is 1. The lowest BCUT2D eigenvalue weighted by Crippen LogP contribution is -2.44. The van der Waals surface area contributed by atoms with Crippen LogP contribution in [0.2, 0.25) is 0 Å². The second-order valence-corrected chi connectivity index (χ2v) is 9.45. The molecule has 0 saturated carbocycles. The van der Waals surface area contributed by atoms with Gasteiger partial charge < -0.3 is 30.7 Å². The van der Waals surface area contributed by atoms with Gasteiger partial charge in [-0.15, -0.1) is 0 Å². The smallest absolute Gasteiger partial charge is 0.255 e. The maximum absolute atomic E-state index is 15.4. The standard InChI is InChI=1S/C25H31FN8O2/c1-3-20(35)34-8-4-5-16(15-34)29-24-22(26)18-14-28-25(36)21(18)23(31-24)30-19-7-6-17(13-27-19)33-11-9-32(2)10-12-33/h3,6-7,13,16H,1,4-5,8-12,14-15H2,2H3,(H,28,36)(H2,27,29,30,31). The molecule has 3 N–H and O–H groups in total. The number of anilines is 4. The fourth-order valence-electron chi connectivity index (χ4n) is 4.92. The van der Waals surface area contributed by atoms with Crippen molar-refractivity contribution in [3.63, 3.8) is 0 Å². The highest BCUT2D eigenvalue weighted by Crippen LogP contribution is 2.32. The van der Waals surface area contributed by atoms with E-state index in [-0.39, 0.29) is 47.2 Å². The van der Waals surface area contributed by atoms with Crippen molar-refractivity contribution in [1.29, 1.82) is 0 Å². The van der Waals surface area contributed by atoms with Crippen LogP contribution in [-0.2, 0) is 11.3 Å². The zero-order valence-electron chi connectivity index (χ0n) is 20.4. The Kier molecular flexibility index (Phi) is 6.73. The van der Waals surface area contributed by atoms with Gasteiger partial charge in [-0.2, -0.15) is 0 Å². The van der Waals surface area contributed by atoms with Gasteiger partial charge in [0.25, 0.3) is 5.91 Å². The molecule has 190 valence electrons. The molecule has 0 bridgehead atoms. The first-order chi connectivity index (χ1) is 17.4. The van der Waals surface area contributed by atoms with Gasteiger partial charge in [-0.3, -0.25) is 9.59 Å². The molecule has 3 aliphatic rings. The predicted molar refractivity (Wildman–Crippen MR) is 136 cm³/mol. The number of hydrogen-bond acceptors (Lipinski definition) is 8. The molecule has 1 atom stereocenters. The summed E-state index contributed by atoms with van der Waals surface area (Å²) in [6.07, 6.45) is 4.65. The summed E-state index contributed by atoms with van der Waals surface area (Å²) >= 11 is 0. The minimum absolute atomic E-state index is 0.0553. The molecule has 2 fully saturated rings. The van der Waals surface area contributed by atoms with E-state index >= 15 is 4.39 Å². The van der Waals surface area contributed by atoms with Crippen LogP contribution in [0.1, 0.15) is 28.8 Å². The van der Waals surface area contributed by atoms with E-state index in [1.165, 1.54) is 6.08 Å². The van der Waals surface area contributed by atoms with Crippen molar-refractivity contribution in [2.75, 3.05) is 61.8 Å². The van der Waals surface area contributed by atoms with Gasteiger partial charge >= 0.3 is 0 Å². The summed E-state index contributed by atoms with van der Waals surface area (Å²) in [7, 11) is 2.11. The Hall–Kier alpha value is -3.73. The van der Waals surface area contributed by atoms with Crippen LogP contribution in [0.5, 0.6) is 0 Å². The van der Waals surface area contributed by atoms with Gasteiger partial charge in [0.05, 0.1) is 17.4 Å². The van der Waals surface area contributed by atoms with Crippen molar-refractivity contribution in [2.45, 2.75) is 25.4 Å². The Morgan fingerprint density at radius 3 is 2.75 bits per heavy atom. The molecular formula is C25H31FN8O2. The van der Waals surface area contributed by atoms with Crippen molar-refractivity contribution < 1.29 is 14.0 Å². The molecule has 11 heteroatoms. The van der Waals surface area contributed by atoms with Gasteiger partial charge in [0.1, 0.15) is 11.6 Å². The first kappa shape index (κ1) is 24.0. The molecule has 3 aliphatic heterocycles. The van der Waals surface area contributed by atoms with E-state index in [1.807, 2.05) is 12.1 Å².